The number of benzene rings is 1. The first-order chi connectivity index (χ1) is 9.90. The zero-order valence-corrected chi connectivity index (χ0v) is 13.1. The summed E-state index contributed by atoms with van der Waals surface area (Å²) in [6, 6.07) is 7.22. The van der Waals surface area contributed by atoms with Crippen LogP contribution in [0.15, 0.2) is 24.3 Å². The summed E-state index contributed by atoms with van der Waals surface area (Å²) in [6.07, 6.45) is 0. The van der Waals surface area contributed by atoms with Crippen LogP contribution in [-0.2, 0) is 9.59 Å². The van der Waals surface area contributed by atoms with Crippen molar-refractivity contribution in [2.45, 2.75) is 33.7 Å². The van der Waals surface area contributed by atoms with Crippen molar-refractivity contribution in [1.29, 1.82) is 0 Å². The van der Waals surface area contributed by atoms with Crippen LogP contribution in [0.3, 0.4) is 0 Å². The highest BCUT2D eigenvalue weighted by Gasteiger charge is 2.22. The van der Waals surface area contributed by atoms with Gasteiger partial charge in [0.15, 0.2) is 0 Å². The highest BCUT2D eigenvalue weighted by Crippen LogP contribution is 2.10. The minimum atomic E-state index is -0.512. The lowest BCUT2D eigenvalue weighted by Crippen LogP contribution is -2.49. The molecule has 0 aliphatic heterocycles. The van der Waals surface area contributed by atoms with Crippen molar-refractivity contribution in [3.05, 3.63) is 29.8 Å². The first kappa shape index (κ1) is 17.0. The number of carbonyl (C=O) groups excluding carboxylic acids is 2. The molecule has 0 aromatic heterocycles. The van der Waals surface area contributed by atoms with Gasteiger partial charge in [-0.2, -0.15) is 0 Å². The minimum absolute atomic E-state index is 0.0342. The zero-order valence-electron chi connectivity index (χ0n) is 13.1. The van der Waals surface area contributed by atoms with Gasteiger partial charge in [-0.3, -0.25) is 9.59 Å². The molecule has 0 fully saturated rings. The maximum absolute atomic E-state index is 12.0. The van der Waals surface area contributed by atoms with E-state index in [0.717, 1.165) is 5.75 Å². The van der Waals surface area contributed by atoms with E-state index < -0.39 is 6.04 Å². The van der Waals surface area contributed by atoms with E-state index in [0.29, 0.717) is 13.2 Å². The molecule has 1 aromatic carbocycles. The summed E-state index contributed by atoms with van der Waals surface area (Å²) >= 11 is 0. The Morgan fingerprint density at radius 3 is 2.33 bits per heavy atom. The van der Waals surface area contributed by atoms with Crippen LogP contribution in [0, 0.1) is 12.8 Å². The Bertz CT molecular complexity index is 469. The third kappa shape index (κ3) is 6.29. The molecule has 2 N–H and O–H groups in total. The molecule has 0 aliphatic carbocycles. The molecule has 0 heterocycles. The third-order valence-electron chi connectivity index (χ3n) is 3.00. The molecule has 1 atom stereocenters. The maximum Gasteiger partial charge on any atom is 0.242 e. The topological polar surface area (TPSA) is 67.4 Å². The summed E-state index contributed by atoms with van der Waals surface area (Å²) in [7, 11) is 0. The standard InChI is InChI=1S/C16H24N2O3/c1-11(2)15(18-13(4)19)16(20)17-9-10-21-14-7-5-12(3)6-8-14/h5-8,11,15H,9-10H2,1-4H3,(H,17,20)(H,18,19). The number of nitrogens with one attached hydrogen (secondary N) is 2. The maximum atomic E-state index is 12.0. The summed E-state index contributed by atoms with van der Waals surface area (Å²) in [5, 5.41) is 5.42. The Kier molecular flexibility index (Phi) is 6.72. The van der Waals surface area contributed by atoms with Crippen molar-refractivity contribution in [3.63, 3.8) is 0 Å². The lowest BCUT2D eigenvalue weighted by Gasteiger charge is -2.20. The van der Waals surface area contributed by atoms with Gasteiger partial charge >= 0.3 is 0 Å². The lowest BCUT2D eigenvalue weighted by molar-refractivity contribution is -0.129. The highest BCUT2D eigenvalue weighted by atomic mass is 16.5. The second-order valence-corrected chi connectivity index (χ2v) is 5.37. The Labute approximate surface area is 126 Å². The second kappa shape index (κ2) is 8.29. The molecule has 0 saturated carbocycles. The van der Waals surface area contributed by atoms with Crippen LogP contribution in [0.1, 0.15) is 26.3 Å². The van der Waals surface area contributed by atoms with Gasteiger partial charge in [0.1, 0.15) is 18.4 Å². The van der Waals surface area contributed by atoms with E-state index in [1.54, 1.807) is 0 Å². The molecule has 116 valence electrons. The second-order valence-electron chi connectivity index (χ2n) is 5.37. The van der Waals surface area contributed by atoms with Gasteiger partial charge in [0.2, 0.25) is 11.8 Å². The van der Waals surface area contributed by atoms with Gasteiger partial charge in [-0.05, 0) is 25.0 Å². The lowest BCUT2D eigenvalue weighted by atomic mass is 10.0. The molecule has 0 saturated heterocycles. The van der Waals surface area contributed by atoms with Crippen molar-refractivity contribution in [1.82, 2.24) is 10.6 Å². The van der Waals surface area contributed by atoms with Crippen molar-refractivity contribution in [2.75, 3.05) is 13.2 Å². The summed E-state index contributed by atoms with van der Waals surface area (Å²) in [6.45, 7) is 7.99. The van der Waals surface area contributed by atoms with Gasteiger partial charge in [-0.1, -0.05) is 31.5 Å². The van der Waals surface area contributed by atoms with Crippen LogP contribution in [0.2, 0.25) is 0 Å². The summed E-state index contributed by atoms with van der Waals surface area (Å²) in [4.78, 5) is 23.1. The Balaban J connectivity index is 2.34. The quantitative estimate of drug-likeness (QED) is 0.751. The molecule has 1 aromatic rings. The zero-order chi connectivity index (χ0) is 15.8. The molecule has 1 rings (SSSR count). The number of amides is 2. The summed E-state index contributed by atoms with van der Waals surface area (Å²) in [5.74, 6) is 0.413. The number of rotatable bonds is 7. The SMILES string of the molecule is CC(=O)NC(C(=O)NCCOc1ccc(C)cc1)C(C)C. The monoisotopic (exact) mass is 292 g/mol. The van der Waals surface area contributed by atoms with Gasteiger partial charge in [0.25, 0.3) is 0 Å². The molecule has 0 aliphatic rings. The molecule has 0 spiro atoms. The van der Waals surface area contributed by atoms with Crippen LogP contribution in [0.25, 0.3) is 0 Å². The molecule has 0 bridgehead atoms. The molecule has 0 radical (unpaired) electrons. The summed E-state index contributed by atoms with van der Waals surface area (Å²) < 4.78 is 5.53. The Morgan fingerprint density at radius 2 is 1.81 bits per heavy atom. The molecule has 21 heavy (non-hydrogen) atoms. The van der Waals surface area contributed by atoms with Crippen LogP contribution in [-0.4, -0.2) is 31.0 Å². The van der Waals surface area contributed by atoms with Gasteiger partial charge < -0.3 is 15.4 Å². The number of hydrogen-bond acceptors (Lipinski definition) is 3. The number of aryl methyl sites for hydroxylation is 1. The summed E-state index contributed by atoms with van der Waals surface area (Å²) in [5.41, 5.74) is 1.17. The van der Waals surface area contributed by atoms with E-state index in [-0.39, 0.29) is 17.7 Å². The van der Waals surface area contributed by atoms with Gasteiger partial charge in [-0.25, -0.2) is 0 Å². The van der Waals surface area contributed by atoms with E-state index in [1.807, 2.05) is 45.0 Å². The van der Waals surface area contributed by atoms with Crippen LogP contribution in [0.4, 0.5) is 0 Å². The highest BCUT2D eigenvalue weighted by molar-refractivity contribution is 5.86. The van der Waals surface area contributed by atoms with Crippen LogP contribution in [0.5, 0.6) is 5.75 Å². The Hall–Kier alpha value is -2.04. The Morgan fingerprint density at radius 1 is 1.19 bits per heavy atom. The number of ether oxygens (including phenoxy) is 1. The van der Waals surface area contributed by atoms with Gasteiger partial charge in [0.05, 0.1) is 6.54 Å². The smallest absolute Gasteiger partial charge is 0.242 e. The predicted octanol–water partition coefficient (Wildman–Crippen LogP) is 1.65. The molecule has 1 unspecified atom stereocenters. The molecule has 5 nitrogen and oxygen atoms in total. The fourth-order valence-electron chi connectivity index (χ4n) is 1.84. The molecular weight excluding hydrogens is 268 g/mol. The van der Waals surface area contributed by atoms with E-state index >= 15 is 0 Å². The number of carbonyl (C=O) groups is 2. The van der Waals surface area contributed by atoms with E-state index in [4.69, 9.17) is 4.74 Å². The first-order valence-electron chi connectivity index (χ1n) is 7.14. The van der Waals surface area contributed by atoms with Crippen LogP contribution < -0.4 is 15.4 Å². The molecule has 5 heteroatoms. The van der Waals surface area contributed by atoms with Crippen LogP contribution >= 0.6 is 0 Å². The molecule has 2 amide bonds. The van der Waals surface area contributed by atoms with Gasteiger partial charge in [-0.15, -0.1) is 0 Å². The fourth-order valence-corrected chi connectivity index (χ4v) is 1.84. The average Bonchev–Trinajstić information content (AvgIpc) is 2.42. The van der Waals surface area contributed by atoms with Crippen molar-refractivity contribution < 1.29 is 14.3 Å². The first-order valence-corrected chi connectivity index (χ1v) is 7.14. The van der Waals surface area contributed by atoms with E-state index in [2.05, 4.69) is 10.6 Å². The number of hydrogen-bond donors (Lipinski definition) is 2. The third-order valence-corrected chi connectivity index (χ3v) is 3.00. The largest absolute Gasteiger partial charge is 0.492 e. The van der Waals surface area contributed by atoms with E-state index in [1.165, 1.54) is 12.5 Å². The fraction of sp³-hybridized carbons (Fsp3) is 0.500. The van der Waals surface area contributed by atoms with Crippen molar-refractivity contribution >= 4 is 11.8 Å². The molecular formula is C16H24N2O3. The van der Waals surface area contributed by atoms with Gasteiger partial charge in [0, 0.05) is 6.92 Å². The normalized spacial score (nSPS) is 11.9. The van der Waals surface area contributed by atoms with E-state index in [9.17, 15) is 9.59 Å². The van der Waals surface area contributed by atoms with Crippen molar-refractivity contribution in [2.24, 2.45) is 5.92 Å². The predicted molar refractivity (Wildman–Crippen MR) is 82.1 cm³/mol. The minimum Gasteiger partial charge on any atom is -0.492 e. The van der Waals surface area contributed by atoms with Crippen molar-refractivity contribution in [3.8, 4) is 5.75 Å². The average molecular weight is 292 g/mol.